The molecule has 2 atom stereocenters. The van der Waals surface area contributed by atoms with Crippen molar-refractivity contribution in [2.75, 3.05) is 7.11 Å². The predicted molar refractivity (Wildman–Crippen MR) is 102 cm³/mol. The molecule has 0 saturated heterocycles. The van der Waals surface area contributed by atoms with Crippen LogP contribution in [0.1, 0.15) is 27.6 Å². The number of aliphatic hydroxyl groups is 1. The van der Waals surface area contributed by atoms with E-state index in [0.29, 0.717) is 17.5 Å². The van der Waals surface area contributed by atoms with Crippen LogP contribution in [0.25, 0.3) is 0 Å². The molecule has 132 valence electrons. The largest absolute Gasteiger partial charge is 0.497 e. The van der Waals surface area contributed by atoms with Crippen molar-refractivity contribution >= 4 is 5.78 Å². The molecule has 0 radical (unpaired) electrons. The van der Waals surface area contributed by atoms with Gasteiger partial charge in [0.1, 0.15) is 5.75 Å². The molecule has 0 aromatic heterocycles. The van der Waals surface area contributed by atoms with E-state index in [-0.39, 0.29) is 5.78 Å². The first-order valence-electron chi connectivity index (χ1n) is 8.64. The second-order valence-corrected chi connectivity index (χ2v) is 6.24. The summed E-state index contributed by atoms with van der Waals surface area (Å²) in [7, 11) is 1.60. The number of carbonyl (C=O) groups excluding carboxylic acids is 1. The molecule has 26 heavy (non-hydrogen) atoms. The molecule has 0 aliphatic rings. The predicted octanol–water partition coefficient (Wildman–Crippen LogP) is 4.47. The average molecular weight is 346 g/mol. The van der Waals surface area contributed by atoms with E-state index in [0.717, 1.165) is 11.3 Å². The van der Waals surface area contributed by atoms with Gasteiger partial charge in [-0.25, -0.2) is 0 Å². The minimum atomic E-state index is -0.895. The molecule has 0 unspecified atom stereocenters. The molecule has 0 saturated carbocycles. The highest BCUT2D eigenvalue weighted by Gasteiger charge is 2.29. The lowest BCUT2D eigenvalue weighted by Gasteiger charge is -2.23. The highest BCUT2D eigenvalue weighted by molar-refractivity contribution is 5.98. The molecule has 0 fully saturated rings. The Morgan fingerprint density at radius 1 is 0.885 bits per heavy atom. The third-order valence-corrected chi connectivity index (χ3v) is 4.53. The Morgan fingerprint density at radius 2 is 1.46 bits per heavy atom. The van der Waals surface area contributed by atoms with Gasteiger partial charge in [0.05, 0.1) is 19.1 Å². The van der Waals surface area contributed by atoms with Crippen LogP contribution in [-0.4, -0.2) is 18.0 Å². The van der Waals surface area contributed by atoms with Crippen molar-refractivity contribution < 1.29 is 14.6 Å². The molecule has 0 aliphatic carbocycles. The Labute approximate surface area is 153 Å². The van der Waals surface area contributed by atoms with E-state index in [1.807, 2.05) is 48.5 Å². The van der Waals surface area contributed by atoms with Gasteiger partial charge in [-0.2, -0.15) is 0 Å². The first-order chi connectivity index (χ1) is 12.7. The lowest BCUT2D eigenvalue weighted by Crippen LogP contribution is -2.25. The first-order valence-corrected chi connectivity index (χ1v) is 8.64. The zero-order valence-corrected chi connectivity index (χ0v) is 14.7. The van der Waals surface area contributed by atoms with E-state index >= 15 is 0 Å². The number of methoxy groups -OCH3 is 1. The fraction of sp³-hybridized carbons (Fsp3) is 0.174. The molecule has 1 N–H and O–H groups in total. The molecule has 3 heteroatoms. The summed E-state index contributed by atoms with van der Waals surface area (Å²) in [5.74, 6) is 0.0981. The third-order valence-electron chi connectivity index (χ3n) is 4.53. The summed E-state index contributed by atoms with van der Waals surface area (Å²) in [6.07, 6.45) is -0.421. The Hall–Kier alpha value is -2.91. The normalized spacial score (nSPS) is 13.0. The van der Waals surface area contributed by atoms with Crippen molar-refractivity contribution in [2.45, 2.75) is 12.5 Å². The van der Waals surface area contributed by atoms with E-state index < -0.39 is 12.0 Å². The molecule has 0 spiro atoms. The highest BCUT2D eigenvalue weighted by Crippen LogP contribution is 2.29. The number of hydrogen-bond acceptors (Lipinski definition) is 3. The fourth-order valence-electron chi connectivity index (χ4n) is 3.07. The number of ketones is 1. The minimum absolute atomic E-state index is 0.0576. The van der Waals surface area contributed by atoms with Crippen molar-refractivity contribution in [3.63, 3.8) is 0 Å². The Balaban J connectivity index is 1.91. The summed E-state index contributed by atoms with van der Waals surface area (Å²) in [6.45, 7) is 0. The molecule has 0 amide bonds. The number of benzene rings is 3. The zero-order valence-electron chi connectivity index (χ0n) is 14.7. The van der Waals surface area contributed by atoms with Gasteiger partial charge in [-0.15, -0.1) is 0 Å². The Kier molecular flexibility index (Phi) is 5.82. The number of aliphatic hydroxyl groups excluding tert-OH is 1. The quantitative estimate of drug-likeness (QED) is 0.642. The van der Waals surface area contributed by atoms with Crippen molar-refractivity contribution in [3.8, 4) is 5.75 Å². The van der Waals surface area contributed by atoms with Crippen molar-refractivity contribution in [1.82, 2.24) is 0 Å². The van der Waals surface area contributed by atoms with Crippen LogP contribution in [0.4, 0.5) is 0 Å². The summed E-state index contributed by atoms with van der Waals surface area (Å²) in [5.41, 5.74) is 2.34. The second kappa shape index (κ2) is 8.45. The number of Topliss-reactive ketones (excluding diaryl/α,β-unsaturated/α-hetero) is 1. The van der Waals surface area contributed by atoms with Crippen LogP contribution >= 0.6 is 0 Å². The maximum absolute atomic E-state index is 13.1. The van der Waals surface area contributed by atoms with Gasteiger partial charge < -0.3 is 9.84 Å². The molecule has 0 aliphatic heterocycles. The lowest BCUT2D eigenvalue weighted by molar-refractivity contribution is 0.0676. The maximum Gasteiger partial charge on any atom is 0.169 e. The van der Waals surface area contributed by atoms with Crippen LogP contribution < -0.4 is 4.74 Å². The van der Waals surface area contributed by atoms with Crippen molar-refractivity contribution in [3.05, 3.63) is 102 Å². The van der Waals surface area contributed by atoms with Gasteiger partial charge in [0.15, 0.2) is 5.78 Å². The average Bonchev–Trinajstić information content (AvgIpc) is 2.72. The molecule has 3 rings (SSSR count). The van der Waals surface area contributed by atoms with Gasteiger partial charge in [0.2, 0.25) is 0 Å². The van der Waals surface area contributed by atoms with E-state index in [2.05, 4.69) is 0 Å². The van der Waals surface area contributed by atoms with E-state index in [1.165, 1.54) is 0 Å². The van der Waals surface area contributed by atoms with Crippen molar-refractivity contribution in [2.24, 2.45) is 5.92 Å². The molecule has 0 heterocycles. The summed E-state index contributed by atoms with van der Waals surface area (Å²) >= 11 is 0. The second-order valence-electron chi connectivity index (χ2n) is 6.24. The van der Waals surface area contributed by atoms with Gasteiger partial charge in [-0.05, 0) is 29.7 Å². The molecular weight excluding hydrogens is 324 g/mol. The standard InChI is InChI=1S/C23H22O3/c1-26-20-14-12-19(13-15-20)23(25)21(16-17-8-4-2-5-9-17)22(24)18-10-6-3-7-11-18/h2-15,21,23,25H,16H2,1H3/t21-,23+/m0/s1. The summed E-state index contributed by atoms with van der Waals surface area (Å²) in [5, 5.41) is 11.0. The summed E-state index contributed by atoms with van der Waals surface area (Å²) < 4.78 is 5.17. The van der Waals surface area contributed by atoms with Crippen molar-refractivity contribution in [1.29, 1.82) is 0 Å². The smallest absolute Gasteiger partial charge is 0.169 e. The number of ether oxygens (including phenoxy) is 1. The molecule has 3 aromatic carbocycles. The Morgan fingerprint density at radius 3 is 2.04 bits per heavy atom. The van der Waals surface area contributed by atoms with Crippen LogP contribution in [0.5, 0.6) is 5.75 Å². The topological polar surface area (TPSA) is 46.5 Å². The lowest BCUT2D eigenvalue weighted by atomic mass is 9.84. The van der Waals surface area contributed by atoms with E-state index in [1.54, 1.807) is 43.5 Å². The molecule has 3 nitrogen and oxygen atoms in total. The van der Waals surface area contributed by atoms with Gasteiger partial charge >= 0.3 is 0 Å². The van der Waals surface area contributed by atoms with Gasteiger partial charge in [0, 0.05) is 5.56 Å². The number of rotatable bonds is 7. The van der Waals surface area contributed by atoms with Gasteiger partial charge in [0.25, 0.3) is 0 Å². The zero-order chi connectivity index (χ0) is 18.4. The van der Waals surface area contributed by atoms with Crippen LogP contribution in [0.15, 0.2) is 84.9 Å². The van der Waals surface area contributed by atoms with Crippen LogP contribution in [0.3, 0.4) is 0 Å². The Bertz CT molecular complexity index is 826. The van der Waals surface area contributed by atoms with Gasteiger partial charge in [-0.3, -0.25) is 4.79 Å². The highest BCUT2D eigenvalue weighted by atomic mass is 16.5. The fourth-order valence-corrected chi connectivity index (χ4v) is 3.07. The third kappa shape index (κ3) is 4.19. The van der Waals surface area contributed by atoms with Gasteiger partial charge in [-0.1, -0.05) is 72.8 Å². The molecular formula is C23H22O3. The summed E-state index contributed by atoms with van der Waals surface area (Å²) in [6, 6.07) is 26.1. The minimum Gasteiger partial charge on any atom is -0.497 e. The summed E-state index contributed by atoms with van der Waals surface area (Å²) in [4.78, 5) is 13.1. The number of hydrogen-bond donors (Lipinski definition) is 1. The van der Waals surface area contributed by atoms with Crippen LogP contribution in [0.2, 0.25) is 0 Å². The molecule has 3 aromatic rings. The SMILES string of the molecule is COc1ccc([C@@H](O)[C@@H](Cc2ccccc2)C(=O)c2ccccc2)cc1. The van der Waals surface area contributed by atoms with E-state index in [9.17, 15) is 9.90 Å². The number of carbonyl (C=O) groups is 1. The molecule has 0 bridgehead atoms. The first kappa shape index (κ1) is 17.9. The van der Waals surface area contributed by atoms with Crippen LogP contribution in [0, 0.1) is 5.92 Å². The maximum atomic E-state index is 13.1. The van der Waals surface area contributed by atoms with Crippen LogP contribution in [-0.2, 0) is 6.42 Å². The monoisotopic (exact) mass is 346 g/mol. The van der Waals surface area contributed by atoms with E-state index in [4.69, 9.17) is 4.74 Å².